The van der Waals surface area contributed by atoms with Crippen LogP contribution >= 0.6 is 0 Å². The van der Waals surface area contributed by atoms with Gasteiger partial charge in [-0.3, -0.25) is 13.9 Å². The van der Waals surface area contributed by atoms with Crippen LogP contribution in [0.1, 0.15) is 32.6 Å². The Morgan fingerprint density at radius 2 is 1.95 bits per heavy atom. The van der Waals surface area contributed by atoms with Crippen molar-refractivity contribution in [1.82, 2.24) is 18.7 Å². The zero-order chi connectivity index (χ0) is 14.3. The average Bonchev–Trinajstić information content (AvgIpc) is 2.66. The summed E-state index contributed by atoms with van der Waals surface area (Å²) in [6, 6.07) is -0.0751. The maximum Gasteiger partial charge on any atom is 0.332 e. The number of hydrogen-bond donors (Lipinski definition) is 1. The molecule has 2 aromatic rings. The highest BCUT2D eigenvalue weighted by molar-refractivity contribution is 5.71. The van der Waals surface area contributed by atoms with Gasteiger partial charge in [0.2, 0.25) is 0 Å². The minimum atomic E-state index is -0.323. The van der Waals surface area contributed by atoms with Gasteiger partial charge in [-0.2, -0.15) is 0 Å². The van der Waals surface area contributed by atoms with Crippen molar-refractivity contribution in [2.45, 2.75) is 39.9 Å². The third-order valence-corrected chi connectivity index (χ3v) is 3.30. The van der Waals surface area contributed by atoms with E-state index in [2.05, 4.69) is 4.98 Å². The molecule has 104 valence electrons. The molecular weight excluding hydrogens is 246 g/mol. The summed E-state index contributed by atoms with van der Waals surface area (Å²) in [5.41, 5.74) is 5.83. The second kappa shape index (κ2) is 4.65. The molecule has 0 aliphatic rings. The monoisotopic (exact) mass is 265 g/mol. The molecule has 19 heavy (non-hydrogen) atoms. The number of aromatic nitrogens is 4. The van der Waals surface area contributed by atoms with Crippen LogP contribution in [0.3, 0.4) is 0 Å². The van der Waals surface area contributed by atoms with Gasteiger partial charge in [-0.05, 0) is 20.8 Å². The van der Waals surface area contributed by atoms with Gasteiger partial charge in [-0.1, -0.05) is 0 Å². The highest BCUT2D eigenvalue weighted by atomic mass is 16.2. The predicted molar refractivity (Wildman–Crippen MR) is 73.2 cm³/mol. The smallest absolute Gasteiger partial charge is 0.324 e. The van der Waals surface area contributed by atoms with E-state index in [4.69, 9.17) is 5.73 Å². The van der Waals surface area contributed by atoms with Crippen LogP contribution in [0.2, 0.25) is 0 Å². The maximum atomic E-state index is 12.4. The molecule has 0 bridgehead atoms. The number of rotatable bonds is 3. The molecule has 0 fully saturated rings. The Labute approximate surface area is 110 Å². The van der Waals surface area contributed by atoms with Crippen molar-refractivity contribution in [3.63, 3.8) is 0 Å². The molecule has 0 aromatic carbocycles. The van der Waals surface area contributed by atoms with E-state index in [0.717, 1.165) is 0 Å². The van der Waals surface area contributed by atoms with E-state index in [0.29, 0.717) is 23.5 Å². The quantitative estimate of drug-likeness (QED) is 0.843. The molecular formula is C12H19N5O2. The van der Waals surface area contributed by atoms with Gasteiger partial charge in [0.25, 0.3) is 5.56 Å². The van der Waals surface area contributed by atoms with Crippen LogP contribution in [-0.2, 0) is 20.1 Å². The number of nitrogens with two attached hydrogens (primary N) is 1. The fraction of sp³-hybridized carbons (Fsp3) is 0.583. The molecule has 2 N–H and O–H groups in total. The van der Waals surface area contributed by atoms with Crippen molar-refractivity contribution in [2.24, 2.45) is 12.8 Å². The molecule has 0 aliphatic carbocycles. The van der Waals surface area contributed by atoms with E-state index in [1.165, 1.54) is 4.57 Å². The summed E-state index contributed by atoms with van der Waals surface area (Å²) in [7, 11) is 1.74. The second-order valence-corrected chi connectivity index (χ2v) is 4.76. The first kappa shape index (κ1) is 13.5. The molecule has 0 amide bonds. The van der Waals surface area contributed by atoms with Gasteiger partial charge in [0, 0.05) is 19.6 Å². The van der Waals surface area contributed by atoms with Gasteiger partial charge in [-0.15, -0.1) is 0 Å². The molecule has 0 saturated carbocycles. The third kappa shape index (κ3) is 1.81. The third-order valence-electron chi connectivity index (χ3n) is 3.30. The van der Waals surface area contributed by atoms with Gasteiger partial charge in [-0.25, -0.2) is 9.78 Å². The van der Waals surface area contributed by atoms with E-state index in [9.17, 15) is 9.59 Å². The van der Waals surface area contributed by atoms with E-state index in [-0.39, 0.29) is 23.8 Å². The lowest BCUT2D eigenvalue weighted by atomic mass is 10.3. The van der Waals surface area contributed by atoms with Crippen molar-refractivity contribution < 1.29 is 0 Å². The lowest BCUT2D eigenvalue weighted by Gasteiger charge is -2.13. The van der Waals surface area contributed by atoms with E-state index in [1.807, 2.05) is 13.8 Å². The minimum Gasteiger partial charge on any atom is -0.324 e. The standard InChI is InChI=1S/C12H19N5O2/c1-5-16-11(18)9-10(14-8(6-13)15(9)4)17(7(2)3)12(16)19/h7H,5-6,13H2,1-4H3. The molecule has 7 heteroatoms. The number of fused-ring (bicyclic) bond motifs is 1. The molecule has 0 atom stereocenters. The van der Waals surface area contributed by atoms with E-state index < -0.39 is 0 Å². The van der Waals surface area contributed by atoms with Crippen LogP contribution in [-0.4, -0.2) is 18.7 Å². The van der Waals surface area contributed by atoms with Crippen molar-refractivity contribution >= 4 is 11.2 Å². The van der Waals surface area contributed by atoms with Crippen molar-refractivity contribution in [3.05, 3.63) is 26.7 Å². The van der Waals surface area contributed by atoms with Gasteiger partial charge in [0.05, 0.1) is 6.54 Å². The van der Waals surface area contributed by atoms with Crippen molar-refractivity contribution in [3.8, 4) is 0 Å². The Hall–Kier alpha value is -1.89. The topological polar surface area (TPSA) is 87.8 Å². The molecule has 7 nitrogen and oxygen atoms in total. The zero-order valence-electron chi connectivity index (χ0n) is 11.7. The predicted octanol–water partition coefficient (Wildman–Crippen LogP) is -0.0438. The highest BCUT2D eigenvalue weighted by Crippen LogP contribution is 2.13. The first-order valence-electron chi connectivity index (χ1n) is 6.34. The van der Waals surface area contributed by atoms with E-state index >= 15 is 0 Å². The fourth-order valence-corrected chi connectivity index (χ4v) is 2.30. The summed E-state index contributed by atoms with van der Waals surface area (Å²) in [4.78, 5) is 29.0. The number of hydrogen-bond acceptors (Lipinski definition) is 4. The van der Waals surface area contributed by atoms with E-state index in [1.54, 1.807) is 23.1 Å². The summed E-state index contributed by atoms with van der Waals surface area (Å²) in [5, 5.41) is 0. The lowest BCUT2D eigenvalue weighted by molar-refractivity contribution is 0.533. The molecule has 0 unspecified atom stereocenters. The van der Waals surface area contributed by atoms with Gasteiger partial charge in [0.15, 0.2) is 11.2 Å². The Morgan fingerprint density at radius 3 is 2.42 bits per heavy atom. The summed E-state index contributed by atoms with van der Waals surface area (Å²) in [6.07, 6.45) is 0. The van der Waals surface area contributed by atoms with Crippen molar-refractivity contribution in [1.29, 1.82) is 0 Å². The Balaban J connectivity index is 3.09. The largest absolute Gasteiger partial charge is 0.332 e. The van der Waals surface area contributed by atoms with Crippen molar-refractivity contribution in [2.75, 3.05) is 0 Å². The molecule has 0 aliphatic heterocycles. The highest BCUT2D eigenvalue weighted by Gasteiger charge is 2.19. The van der Waals surface area contributed by atoms with Gasteiger partial charge >= 0.3 is 5.69 Å². The first-order valence-corrected chi connectivity index (χ1v) is 6.34. The Morgan fingerprint density at radius 1 is 1.32 bits per heavy atom. The van der Waals surface area contributed by atoms with Crippen LogP contribution < -0.4 is 17.0 Å². The normalized spacial score (nSPS) is 11.7. The molecule has 2 heterocycles. The minimum absolute atomic E-state index is 0.0751. The second-order valence-electron chi connectivity index (χ2n) is 4.76. The van der Waals surface area contributed by atoms with Crippen LogP contribution in [0, 0.1) is 0 Å². The number of nitrogens with zero attached hydrogens (tertiary/aromatic N) is 4. The fourth-order valence-electron chi connectivity index (χ4n) is 2.30. The summed E-state index contributed by atoms with van der Waals surface area (Å²) in [6.45, 7) is 6.12. The number of imidazole rings is 1. The van der Waals surface area contributed by atoms with Crippen LogP contribution in [0.25, 0.3) is 11.2 Å². The maximum absolute atomic E-state index is 12.4. The molecule has 0 saturated heterocycles. The van der Waals surface area contributed by atoms with Crippen LogP contribution in [0.15, 0.2) is 9.59 Å². The Kier molecular flexibility index (Phi) is 3.32. The summed E-state index contributed by atoms with van der Waals surface area (Å²) in [5.74, 6) is 0.592. The average molecular weight is 265 g/mol. The zero-order valence-corrected chi connectivity index (χ0v) is 11.7. The SMILES string of the molecule is CCn1c(=O)c2c(nc(CN)n2C)n(C(C)C)c1=O. The molecule has 0 spiro atoms. The van der Waals surface area contributed by atoms with Crippen LogP contribution in [0.4, 0.5) is 0 Å². The molecule has 2 aromatic heterocycles. The molecule has 2 rings (SSSR count). The summed E-state index contributed by atoms with van der Waals surface area (Å²) < 4.78 is 4.44. The van der Waals surface area contributed by atoms with Gasteiger partial charge < -0.3 is 10.3 Å². The first-order chi connectivity index (χ1) is 8.93. The Bertz CT molecular complexity index is 735. The summed E-state index contributed by atoms with van der Waals surface area (Å²) >= 11 is 0. The van der Waals surface area contributed by atoms with Crippen LogP contribution in [0.5, 0.6) is 0 Å². The molecule has 0 radical (unpaired) electrons. The lowest BCUT2D eigenvalue weighted by Crippen LogP contribution is -2.40. The van der Waals surface area contributed by atoms with Gasteiger partial charge in [0.1, 0.15) is 5.82 Å². The number of aryl methyl sites for hydroxylation is 1.